The first-order valence-electron chi connectivity index (χ1n) is 10.2. The minimum absolute atomic E-state index is 0.229. The number of nitrogens with zero attached hydrogens (tertiary/aromatic N) is 3. The predicted molar refractivity (Wildman–Crippen MR) is 107 cm³/mol. The summed E-state index contributed by atoms with van der Waals surface area (Å²) in [6.45, 7) is 12.4. The van der Waals surface area contributed by atoms with Crippen LogP contribution in [-0.4, -0.2) is 15.0 Å². The molecule has 3 heterocycles. The fourth-order valence-electron chi connectivity index (χ4n) is 3.15. The molecule has 0 saturated carbocycles. The fourth-order valence-corrected chi connectivity index (χ4v) is 3.15. The molecule has 152 valence electrons. The Labute approximate surface area is 166 Å². The molecule has 0 aromatic carbocycles. The van der Waals surface area contributed by atoms with Crippen LogP contribution in [0.15, 0.2) is 25.7 Å². The van der Waals surface area contributed by atoms with E-state index in [1.165, 1.54) is 0 Å². The molecule has 0 aliphatic carbocycles. The number of hydrogen-bond acceptors (Lipinski definition) is 6. The Hall–Kier alpha value is -2.37. The summed E-state index contributed by atoms with van der Waals surface area (Å²) in [7, 11) is 0. The van der Waals surface area contributed by atoms with Crippen LogP contribution in [-0.2, 0) is 12.8 Å². The average molecular weight is 386 g/mol. The third-order valence-corrected chi connectivity index (χ3v) is 5.08. The van der Waals surface area contributed by atoms with E-state index >= 15 is 0 Å². The first-order valence-corrected chi connectivity index (χ1v) is 10.2. The summed E-state index contributed by atoms with van der Waals surface area (Å²) in [6.07, 6.45) is 7.03. The van der Waals surface area contributed by atoms with E-state index in [0.717, 1.165) is 66.3 Å². The molecule has 3 aromatic rings. The van der Waals surface area contributed by atoms with Gasteiger partial charge in [0.1, 0.15) is 17.8 Å². The second-order valence-electron chi connectivity index (χ2n) is 8.09. The van der Waals surface area contributed by atoms with Crippen LogP contribution >= 0.6 is 0 Å². The molecule has 0 aliphatic heterocycles. The molecule has 2 unspecified atom stereocenters. The van der Waals surface area contributed by atoms with E-state index in [-0.39, 0.29) is 11.8 Å². The Kier molecular flexibility index (Phi) is 6.37. The quantitative estimate of drug-likeness (QED) is 0.459. The summed E-state index contributed by atoms with van der Waals surface area (Å²) < 4.78 is 17.4. The lowest BCUT2D eigenvalue weighted by atomic mass is 10.0. The van der Waals surface area contributed by atoms with Crippen molar-refractivity contribution in [3.05, 3.63) is 53.0 Å². The Bertz CT molecular complexity index is 891. The third-order valence-electron chi connectivity index (χ3n) is 5.08. The van der Waals surface area contributed by atoms with Crippen molar-refractivity contribution in [1.82, 2.24) is 15.0 Å². The van der Waals surface area contributed by atoms with E-state index in [1.54, 1.807) is 6.26 Å². The molecule has 28 heavy (non-hydrogen) atoms. The van der Waals surface area contributed by atoms with Gasteiger partial charge in [-0.1, -0.05) is 27.7 Å². The standard InChI is InChI=1S/C22H31N3O3/c1-13(2)20-25-17(6)19(28-20)10-8-14(3)21-23-11-18(27-21)9-7-15(4)22-24-16(5)12-26-22/h11-15H,7-10H2,1-6H3. The molecule has 0 radical (unpaired) electrons. The second kappa shape index (κ2) is 8.76. The predicted octanol–water partition coefficient (Wildman–Crippen LogP) is 5.86. The van der Waals surface area contributed by atoms with Crippen LogP contribution in [0, 0.1) is 13.8 Å². The molecule has 0 spiro atoms. The largest absolute Gasteiger partial charge is 0.448 e. The summed E-state index contributed by atoms with van der Waals surface area (Å²) in [5.74, 6) is 5.06. The van der Waals surface area contributed by atoms with Gasteiger partial charge in [-0.05, 0) is 26.7 Å². The molecule has 0 bridgehead atoms. The van der Waals surface area contributed by atoms with Crippen molar-refractivity contribution in [2.75, 3.05) is 0 Å². The molecule has 2 atom stereocenters. The lowest BCUT2D eigenvalue weighted by Crippen LogP contribution is -1.98. The molecule has 6 heteroatoms. The Morgan fingerprint density at radius 1 is 0.857 bits per heavy atom. The van der Waals surface area contributed by atoms with Crippen molar-refractivity contribution < 1.29 is 13.3 Å². The minimum Gasteiger partial charge on any atom is -0.448 e. The van der Waals surface area contributed by atoms with Crippen molar-refractivity contribution in [1.29, 1.82) is 0 Å². The average Bonchev–Trinajstić information content (AvgIpc) is 3.37. The molecule has 6 nitrogen and oxygen atoms in total. The van der Waals surface area contributed by atoms with E-state index < -0.39 is 0 Å². The highest BCUT2D eigenvalue weighted by molar-refractivity contribution is 5.10. The molecule has 0 amide bonds. The highest BCUT2D eigenvalue weighted by Gasteiger charge is 2.18. The molecular formula is C22H31N3O3. The van der Waals surface area contributed by atoms with Gasteiger partial charge in [-0.15, -0.1) is 0 Å². The van der Waals surface area contributed by atoms with Gasteiger partial charge in [0.15, 0.2) is 17.7 Å². The zero-order valence-corrected chi connectivity index (χ0v) is 17.8. The van der Waals surface area contributed by atoms with Crippen molar-refractivity contribution in [3.8, 4) is 0 Å². The van der Waals surface area contributed by atoms with Crippen molar-refractivity contribution in [2.45, 2.75) is 85.0 Å². The molecule has 0 aliphatic rings. The number of aromatic nitrogens is 3. The number of rotatable bonds is 9. The van der Waals surface area contributed by atoms with Gasteiger partial charge in [-0.3, -0.25) is 0 Å². The van der Waals surface area contributed by atoms with Gasteiger partial charge in [0, 0.05) is 30.6 Å². The van der Waals surface area contributed by atoms with Crippen LogP contribution in [0.4, 0.5) is 0 Å². The zero-order chi connectivity index (χ0) is 20.3. The van der Waals surface area contributed by atoms with Gasteiger partial charge >= 0.3 is 0 Å². The number of aryl methyl sites for hydroxylation is 4. The first kappa shape index (κ1) is 20.4. The zero-order valence-electron chi connectivity index (χ0n) is 17.8. The van der Waals surface area contributed by atoms with Crippen LogP contribution in [0.3, 0.4) is 0 Å². The molecular weight excluding hydrogens is 354 g/mol. The van der Waals surface area contributed by atoms with Crippen LogP contribution < -0.4 is 0 Å². The van der Waals surface area contributed by atoms with E-state index in [0.29, 0.717) is 5.92 Å². The molecule has 3 aromatic heterocycles. The fraction of sp³-hybridized carbons (Fsp3) is 0.591. The monoisotopic (exact) mass is 385 g/mol. The lowest BCUT2D eigenvalue weighted by molar-refractivity contribution is 0.389. The van der Waals surface area contributed by atoms with Gasteiger partial charge < -0.3 is 13.3 Å². The third kappa shape index (κ3) is 4.91. The summed E-state index contributed by atoms with van der Waals surface area (Å²) in [5.41, 5.74) is 1.90. The van der Waals surface area contributed by atoms with Crippen LogP contribution in [0.5, 0.6) is 0 Å². The first-order chi connectivity index (χ1) is 13.3. The Balaban J connectivity index is 1.51. The summed E-state index contributed by atoms with van der Waals surface area (Å²) in [4.78, 5) is 13.4. The number of oxazole rings is 3. The van der Waals surface area contributed by atoms with Crippen molar-refractivity contribution in [3.63, 3.8) is 0 Å². The van der Waals surface area contributed by atoms with Crippen molar-refractivity contribution in [2.24, 2.45) is 0 Å². The summed E-state index contributed by atoms with van der Waals surface area (Å²) in [6, 6.07) is 0. The SMILES string of the molecule is Cc1coc(C(C)CCc2cnc(C(C)CCc3oc(C(C)C)nc3C)o2)n1. The normalized spacial score (nSPS) is 14.0. The van der Waals surface area contributed by atoms with Crippen LogP contribution in [0.25, 0.3) is 0 Å². The van der Waals surface area contributed by atoms with E-state index in [1.807, 2.05) is 20.0 Å². The maximum atomic E-state index is 5.99. The van der Waals surface area contributed by atoms with Crippen LogP contribution in [0.1, 0.15) is 98.9 Å². The second-order valence-corrected chi connectivity index (χ2v) is 8.09. The van der Waals surface area contributed by atoms with Gasteiger partial charge in [0.05, 0.1) is 17.6 Å². The molecule has 0 saturated heterocycles. The highest BCUT2D eigenvalue weighted by atomic mass is 16.4. The maximum Gasteiger partial charge on any atom is 0.197 e. The Morgan fingerprint density at radius 2 is 1.57 bits per heavy atom. The number of hydrogen-bond donors (Lipinski definition) is 0. The molecule has 3 rings (SSSR count). The van der Waals surface area contributed by atoms with E-state index in [4.69, 9.17) is 13.3 Å². The minimum atomic E-state index is 0.229. The van der Waals surface area contributed by atoms with Crippen LogP contribution in [0.2, 0.25) is 0 Å². The molecule has 0 N–H and O–H groups in total. The van der Waals surface area contributed by atoms with Gasteiger partial charge in [0.2, 0.25) is 0 Å². The van der Waals surface area contributed by atoms with Crippen molar-refractivity contribution >= 4 is 0 Å². The van der Waals surface area contributed by atoms with E-state index in [9.17, 15) is 0 Å². The van der Waals surface area contributed by atoms with Gasteiger partial charge in [-0.2, -0.15) is 0 Å². The maximum absolute atomic E-state index is 5.99. The van der Waals surface area contributed by atoms with Gasteiger partial charge in [0.25, 0.3) is 0 Å². The highest BCUT2D eigenvalue weighted by Crippen LogP contribution is 2.26. The van der Waals surface area contributed by atoms with Gasteiger partial charge in [-0.25, -0.2) is 15.0 Å². The smallest absolute Gasteiger partial charge is 0.197 e. The summed E-state index contributed by atoms with van der Waals surface area (Å²) in [5, 5.41) is 0. The van der Waals surface area contributed by atoms with E-state index in [2.05, 4.69) is 42.6 Å². The topological polar surface area (TPSA) is 78.1 Å². The molecule has 0 fully saturated rings. The Morgan fingerprint density at radius 3 is 2.21 bits per heavy atom. The lowest BCUT2D eigenvalue weighted by Gasteiger charge is -2.07. The summed E-state index contributed by atoms with van der Waals surface area (Å²) >= 11 is 0.